The Labute approximate surface area is 96.6 Å². The minimum atomic E-state index is -0.235. The molecule has 0 bridgehead atoms. The van der Waals surface area contributed by atoms with Crippen molar-refractivity contribution in [1.82, 2.24) is 0 Å². The van der Waals surface area contributed by atoms with Crippen LogP contribution in [0.15, 0.2) is 12.3 Å². The van der Waals surface area contributed by atoms with Crippen molar-refractivity contribution in [2.75, 3.05) is 6.61 Å². The maximum absolute atomic E-state index is 10.9. The second-order valence-corrected chi connectivity index (χ2v) is 3.37. The first-order chi connectivity index (χ1) is 7.70. The van der Waals surface area contributed by atoms with E-state index < -0.39 is 0 Å². The van der Waals surface area contributed by atoms with Crippen LogP contribution >= 0.6 is 0 Å². The van der Waals surface area contributed by atoms with E-state index in [1.54, 1.807) is 6.08 Å². The van der Waals surface area contributed by atoms with E-state index in [1.165, 1.54) is 6.26 Å². The molecule has 4 nitrogen and oxygen atoms in total. The molecule has 0 spiro atoms. The molecule has 0 aliphatic rings. The highest BCUT2D eigenvalue weighted by Crippen LogP contribution is 1.95. The Hall–Kier alpha value is -1.32. The van der Waals surface area contributed by atoms with Crippen molar-refractivity contribution in [3.63, 3.8) is 0 Å². The minimum absolute atomic E-state index is 0.182. The molecule has 0 rings (SSSR count). The van der Waals surface area contributed by atoms with Gasteiger partial charge in [-0.15, -0.1) is 0 Å². The van der Waals surface area contributed by atoms with Gasteiger partial charge in [0.2, 0.25) is 0 Å². The largest absolute Gasteiger partial charge is 0.465 e. The fourth-order valence-electron chi connectivity index (χ4n) is 0.972. The van der Waals surface area contributed by atoms with Crippen molar-refractivity contribution in [1.29, 1.82) is 0 Å². The number of hydrogen-bond donors (Lipinski definition) is 0. The lowest BCUT2D eigenvalue weighted by Crippen LogP contribution is -2.04. The summed E-state index contributed by atoms with van der Waals surface area (Å²) in [6, 6.07) is 0. The van der Waals surface area contributed by atoms with Gasteiger partial charge < -0.3 is 9.47 Å². The zero-order chi connectivity index (χ0) is 12.2. The first-order valence-corrected chi connectivity index (χ1v) is 5.70. The van der Waals surface area contributed by atoms with Crippen LogP contribution in [0.5, 0.6) is 0 Å². The molecule has 0 heterocycles. The summed E-state index contributed by atoms with van der Waals surface area (Å²) in [4.78, 5) is 21.8. The second kappa shape index (κ2) is 10.2. The Balaban J connectivity index is 3.40. The van der Waals surface area contributed by atoms with Crippen molar-refractivity contribution in [2.45, 2.75) is 46.0 Å². The van der Waals surface area contributed by atoms with Gasteiger partial charge in [-0.05, 0) is 18.9 Å². The number of carbonyl (C=O) groups is 2. The first kappa shape index (κ1) is 14.7. The molecule has 0 N–H and O–H groups in total. The lowest BCUT2D eigenvalue weighted by atomic mass is 10.3. The summed E-state index contributed by atoms with van der Waals surface area (Å²) in [5.41, 5.74) is 0. The van der Waals surface area contributed by atoms with E-state index in [1.807, 2.05) is 13.8 Å². The second-order valence-electron chi connectivity index (χ2n) is 3.37. The number of carbonyl (C=O) groups excluding carboxylic acids is 2. The van der Waals surface area contributed by atoms with E-state index >= 15 is 0 Å². The SMILES string of the molecule is CCCC(=O)O/C=C\CCOC(=O)CCC. The van der Waals surface area contributed by atoms with Crippen LogP contribution in [0.4, 0.5) is 0 Å². The van der Waals surface area contributed by atoms with Crippen molar-refractivity contribution < 1.29 is 19.1 Å². The molecule has 0 saturated carbocycles. The summed E-state index contributed by atoms with van der Waals surface area (Å²) in [6.07, 6.45) is 6.04. The van der Waals surface area contributed by atoms with E-state index in [-0.39, 0.29) is 11.9 Å². The highest BCUT2D eigenvalue weighted by atomic mass is 16.5. The highest BCUT2D eigenvalue weighted by Gasteiger charge is 1.99. The van der Waals surface area contributed by atoms with Gasteiger partial charge in [0.1, 0.15) is 0 Å². The molecular weight excluding hydrogens is 208 g/mol. The molecule has 0 amide bonds. The fourth-order valence-corrected chi connectivity index (χ4v) is 0.972. The van der Waals surface area contributed by atoms with Gasteiger partial charge in [-0.2, -0.15) is 0 Å². The third kappa shape index (κ3) is 9.24. The summed E-state index contributed by atoms with van der Waals surface area (Å²) in [6.45, 7) is 4.17. The summed E-state index contributed by atoms with van der Waals surface area (Å²) in [7, 11) is 0. The molecule has 0 radical (unpaired) electrons. The number of ether oxygens (including phenoxy) is 2. The van der Waals surface area contributed by atoms with Gasteiger partial charge in [-0.25, -0.2) is 0 Å². The number of rotatable bonds is 8. The van der Waals surface area contributed by atoms with Gasteiger partial charge in [-0.3, -0.25) is 9.59 Å². The fraction of sp³-hybridized carbons (Fsp3) is 0.667. The van der Waals surface area contributed by atoms with Crippen molar-refractivity contribution in [2.24, 2.45) is 0 Å². The summed E-state index contributed by atoms with van der Waals surface area (Å²) in [5.74, 6) is -0.416. The van der Waals surface area contributed by atoms with Crippen LogP contribution < -0.4 is 0 Å². The van der Waals surface area contributed by atoms with Gasteiger partial charge in [0, 0.05) is 19.3 Å². The minimum Gasteiger partial charge on any atom is -0.465 e. The van der Waals surface area contributed by atoms with Gasteiger partial charge in [0.25, 0.3) is 0 Å². The van der Waals surface area contributed by atoms with Gasteiger partial charge in [-0.1, -0.05) is 13.8 Å². The van der Waals surface area contributed by atoms with Crippen LogP contribution in [0.2, 0.25) is 0 Å². The van der Waals surface area contributed by atoms with E-state index in [9.17, 15) is 9.59 Å². The van der Waals surface area contributed by atoms with E-state index in [0.29, 0.717) is 25.9 Å². The molecule has 0 aromatic heterocycles. The Kier molecular flexibility index (Phi) is 9.36. The van der Waals surface area contributed by atoms with Crippen LogP contribution in [-0.2, 0) is 19.1 Å². The van der Waals surface area contributed by atoms with Gasteiger partial charge in [0.05, 0.1) is 12.9 Å². The van der Waals surface area contributed by atoms with Crippen LogP contribution in [0.25, 0.3) is 0 Å². The third-order valence-corrected chi connectivity index (χ3v) is 1.75. The maximum Gasteiger partial charge on any atom is 0.310 e. The predicted molar refractivity (Wildman–Crippen MR) is 60.6 cm³/mol. The molecule has 0 aromatic rings. The molecule has 0 unspecified atom stereocenters. The first-order valence-electron chi connectivity index (χ1n) is 5.70. The third-order valence-electron chi connectivity index (χ3n) is 1.75. The Morgan fingerprint density at radius 3 is 2.31 bits per heavy atom. The normalized spacial score (nSPS) is 10.4. The molecule has 0 saturated heterocycles. The summed E-state index contributed by atoms with van der Waals surface area (Å²) in [5, 5.41) is 0. The smallest absolute Gasteiger partial charge is 0.310 e. The van der Waals surface area contributed by atoms with E-state index in [4.69, 9.17) is 9.47 Å². The Morgan fingerprint density at radius 2 is 1.69 bits per heavy atom. The zero-order valence-corrected chi connectivity index (χ0v) is 10.0. The Bertz CT molecular complexity index is 233. The molecule has 0 aliphatic carbocycles. The highest BCUT2D eigenvalue weighted by molar-refractivity contribution is 5.70. The molecule has 0 aliphatic heterocycles. The zero-order valence-electron chi connectivity index (χ0n) is 10.0. The van der Waals surface area contributed by atoms with Crippen molar-refractivity contribution >= 4 is 11.9 Å². The lowest BCUT2D eigenvalue weighted by Gasteiger charge is -2.00. The topological polar surface area (TPSA) is 52.6 Å². The molecule has 0 fully saturated rings. The monoisotopic (exact) mass is 228 g/mol. The van der Waals surface area contributed by atoms with Crippen molar-refractivity contribution in [3.8, 4) is 0 Å². The summed E-state index contributed by atoms with van der Waals surface area (Å²) < 4.78 is 9.68. The van der Waals surface area contributed by atoms with Crippen LogP contribution in [0.1, 0.15) is 46.0 Å². The van der Waals surface area contributed by atoms with Crippen LogP contribution in [0.3, 0.4) is 0 Å². The predicted octanol–water partition coefficient (Wildman–Crippen LogP) is 2.58. The lowest BCUT2D eigenvalue weighted by molar-refractivity contribution is -0.143. The quantitative estimate of drug-likeness (QED) is 0.364. The Morgan fingerprint density at radius 1 is 1.06 bits per heavy atom. The van der Waals surface area contributed by atoms with E-state index in [2.05, 4.69) is 0 Å². The molecule has 0 aromatic carbocycles. The molecular formula is C12H20O4. The molecule has 0 atom stereocenters. The standard InChI is InChI=1S/C12H20O4/c1-3-7-11(13)15-9-5-6-10-16-12(14)8-4-2/h5,9H,3-4,6-8,10H2,1-2H3/b9-5-. The van der Waals surface area contributed by atoms with E-state index in [0.717, 1.165) is 12.8 Å². The average Bonchev–Trinajstić information content (AvgIpc) is 2.24. The van der Waals surface area contributed by atoms with Crippen LogP contribution in [-0.4, -0.2) is 18.5 Å². The van der Waals surface area contributed by atoms with Crippen molar-refractivity contribution in [3.05, 3.63) is 12.3 Å². The number of esters is 2. The van der Waals surface area contributed by atoms with Crippen LogP contribution in [0, 0.1) is 0 Å². The molecule has 92 valence electrons. The molecule has 16 heavy (non-hydrogen) atoms. The average molecular weight is 228 g/mol. The molecule has 4 heteroatoms. The summed E-state index contributed by atoms with van der Waals surface area (Å²) >= 11 is 0. The number of hydrogen-bond acceptors (Lipinski definition) is 4. The van der Waals surface area contributed by atoms with Gasteiger partial charge in [0.15, 0.2) is 0 Å². The van der Waals surface area contributed by atoms with Gasteiger partial charge >= 0.3 is 11.9 Å². The maximum atomic E-state index is 10.9.